The molecule has 0 spiro atoms. The Morgan fingerprint density at radius 1 is 0.362 bits per heavy atom. The van der Waals surface area contributed by atoms with Crippen LogP contribution in [0.3, 0.4) is 0 Å². The summed E-state index contributed by atoms with van der Waals surface area (Å²) in [5.74, 6) is 0. The van der Waals surface area contributed by atoms with E-state index in [0.29, 0.717) is 0 Å². The predicted molar refractivity (Wildman–Crippen MR) is 286 cm³/mol. The van der Waals surface area contributed by atoms with E-state index in [9.17, 15) is 0 Å². The van der Waals surface area contributed by atoms with Gasteiger partial charge >= 0.3 is 0 Å². The molecule has 324 valence electrons. The summed E-state index contributed by atoms with van der Waals surface area (Å²) in [5, 5.41) is 8.01. The van der Waals surface area contributed by atoms with Crippen LogP contribution < -0.4 is 4.90 Å². The van der Waals surface area contributed by atoms with Gasteiger partial charge in [-0.15, -0.1) is 0 Å². The molecule has 2 heterocycles. The Labute approximate surface area is 402 Å². The van der Waals surface area contributed by atoms with E-state index < -0.39 is 5.41 Å². The first-order chi connectivity index (χ1) is 34.3. The van der Waals surface area contributed by atoms with Crippen LogP contribution >= 0.6 is 0 Å². The number of benzene rings is 10. The molecule has 0 unspecified atom stereocenters. The molecule has 3 nitrogen and oxygen atoms in total. The number of anilines is 3. The first-order valence-electron chi connectivity index (χ1n) is 23.7. The maximum absolute atomic E-state index is 5.78. The lowest BCUT2D eigenvalue weighted by molar-refractivity contribution is 0.768. The molecule has 0 saturated carbocycles. The minimum absolute atomic E-state index is 0.590. The highest BCUT2D eigenvalue weighted by Crippen LogP contribution is 2.60. The van der Waals surface area contributed by atoms with Crippen molar-refractivity contribution in [1.29, 1.82) is 0 Å². The smallest absolute Gasteiger partial charge is 0.101 e. The minimum atomic E-state index is -0.590. The average molecular weight is 880 g/mol. The molecule has 0 saturated heterocycles. The van der Waals surface area contributed by atoms with Gasteiger partial charge in [0.15, 0.2) is 0 Å². The standard InChI is InChI=1S/C66H45N3/c1-7-25-46(26-8-1)50-33-23-38-53(45-50)68(59-44-24-43-58-61(59)56-41-21-22-42-57(56)66(58,51-34-15-5-16-35-51)52-36-17-6-18-37-52)65-55-40-20-19-39-54(55)64-60(47-27-9-2-10-28-47)62(48-29-11-3-12-30-48)67-69(64)63(65)49-31-13-4-14-32-49/h1-45H. The van der Waals surface area contributed by atoms with Crippen molar-refractivity contribution >= 4 is 33.4 Å². The van der Waals surface area contributed by atoms with E-state index in [1.807, 2.05) is 0 Å². The van der Waals surface area contributed by atoms with Crippen LogP contribution in [0.1, 0.15) is 22.3 Å². The zero-order valence-corrected chi connectivity index (χ0v) is 37.8. The van der Waals surface area contributed by atoms with E-state index in [1.54, 1.807) is 0 Å². The molecule has 0 amide bonds. The first-order valence-corrected chi connectivity index (χ1v) is 23.7. The van der Waals surface area contributed by atoms with Crippen LogP contribution in [0, 0.1) is 0 Å². The fourth-order valence-electron chi connectivity index (χ4n) is 11.2. The highest BCUT2D eigenvalue weighted by atomic mass is 15.3. The molecule has 1 aliphatic rings. The molecule has 1 aliphatic carbocycles. The third kappa shape index (κ3) is 6.39. The van der Waals surface area contributed by atoms with Gasteiger partial charge in [-0.3, -0.25) is 0 Å². The molecule has 0 atom stereocenters. The van der Waals surface area contributed by atoms with Crippen molar-refractivity contribution < 1.29 is 0 Å². The van der Waals surface area contributed by atoms with Gasteiger partial charge in [0.25, 0.3) is 0 Å². The normalized spacial score (nSPS) is 12.5. The van der Waals surface area contributed by atoms with E-state index in [4.69, 9.17) is 5.10 Å². The van der Waals surface area contributed by atoms with Gasteiger partial charge in [-0.25, -0.2) is 4.52 Å². The van der Waals surface area contributed by atoms with Gasteiger partial charge in [0, 0.05) is 38.7 Å². The van der Waals surface area contributed by atoms with Gasteiger partial charge in [0.2, 0.25) is 0 Å². The predicted octanol–water partition coefficient (Wildman–Crippen LogP) is 17.0. The van der Waals surface area contributed by atoms with Crippen molar-refractivity contribution in [1.82, 2.24) is 9.61 Å². The van der Waals surface area contributed by atoms with Crippen LogP contribution in [0.4, 0.5) is 17.1 Å². The molecule has 3 heteroatoms. The summed E-state index contributed by atoms with van der Waals surface area (Å²) in [4.78, 5) is 2.55. The van der Waals surface area contributed by atoms with E-state index >= 15 is 0 Å². The highest BCUT2D eigenvalue weighted by molar-refractivity contribution is 6.16. The van der Waals surface area contributed by atoms with Gasteiger partial charge in [0.05, 0.1) is 28.0 Å². The average Bonchev–Trinajstić information content (AvgIpc) is 3.98. The van der Waals surface area contributed by atoms with Gasteiger partial charge in [-0.05, 0) is 62.7 Å². The fourth-order valence-corrected chi connectivity index (χ4v) is 11.2. The van der Waals surface area contributed by atoms with Crippen molar-refractivity contribution in [2.75, 3.05) is 4.90 Å². The molecule has 0 N–H and O–H groups in total. The lowest BCUT2D eigenvalue weighted by Crippen LogP contribution is -2.28. The SMILES string of the molecule is c1ccc(-c2cccc(N(c3cccc4c3-c3ccccc3C4(c3ccccc3)c3ccccc3)c3c(-c4ccccc4)n4nc(-c5ccccc5)c(-c5ccccc5)c4c4ccccc34)c2)cc1. The summed E-state index contributed by atoms with van der Waals surface area (Å²) in [7, 11) is 0. The van der Waals surface area contributed by atoms with Crippen molar-refractivity contribution in [2.24, 2.45) is 0 Å². The number of rotatable bonds is 9. The van der Waals surface area contributed by atoms with Crippen LogP contribution in [0.25, 0.3) is 72.2 Å². The zero-order valence-electron chi connectivity index (χ0n) is 37.8. The molecule has 12 aromatic rings. The highest BCUT2D eigenvalue weighted by Gasteiger charge is 2.47. The van der Waals surface area contributed by atoms with Crippen LogP contribution in [-0.2, 0) is 5.41 Å². The first kappa shape index (κ1) is 40.2. The van der Waals surface area contributed by atoms with Crippen LogP contribution in [0.15, 0.2) is 273 Å². The second-order valence-electron chi connectivity index (χ2n) is 17.8. The van der Waals surface area contributed by atoms with Gasteiger partial charge in [-0.2, -0.15) is 5.10 Å². The molecular weight excluding hydrogens is 835 g/mol. The topological polar surface area (TPSA) is 20.5 Å². The molecule has 2 aromatic heterocycles. The number of aromatic nitrogens is 2. The van der Waals surface area contributed by atoms with Gasteiger partial charge < -0.3 is 4.90 Å². The quantitative estimate of drug-likeness (QED) is 0.144. The maximum Gasteiger partial charge on any atom is 0.101 e. The van der Waals surface area contributed by atoms with E-state index in [-0.39, 0.29) is 0 Å². The molecule has 0 fully saturated rings. The number of pyridine rings is 1. The van der Waals surface area contributed by atoms with E-state index in [2.05, 4.69) is 282 Å². The summed E-state index contributed by atoms with van der Waals surface area (Å²) in [6, 6.07) is 99.2. The molecule has 69 heavy (non-hydrogen) atoms. The van der Waals surface area contributed by atoms with Crippen molar-refractivity contribution in [3.05, 3.63) is 295 Å². The second-order valence-corrected chi connectivity index (χ2v) is 17.8. The van der Waals surface area contributed by atoms with Crippen LogP contribution in [0.5, 0.6) is 0 Å². The summed E-state index contributed by atoms with van der Waals surface area (Å²) >= 11 is 0. The van der Waals surface area contributed by atoms with Crippen LogP contribution in [-0.4, -0.2) is 9.61 Å². The third-order valence-electron chi connectivity index (χ3n) is 14.1. The number of hydrogen-bond acceptors (Lipinski definition) is 2. The lowest BCUT2D eigenvalue weighted by atomic mass is 9.68. The second kappa shape index (κ2) is 16.7. The lowest BCUT2D eigenvalue weighted by Gasteiger charge is -2.35. The maximum atomic E-state index is 5.78. The van der Waals surface area contributed by atoms with Crippen LogP contribution in [0.2, 0.25) is 0 Å². The fraction of sp³-hybridized carbons (Fsp3) is 0.0152. The van der Waals surface area contributed by atoms with E-state index in [0.717, 1.165) is 78.1 Å². The number of nitrogens with zero attached hydrogens (tertiary/aromatic N) is 3. The van der Waals surface area contributed by atoms with Crippen molar-refractivity contribution in [2.45, 2.75) is 5.41 Å². The Hall–Kier alpha value is -9.05. The summed E-state index contributed by atoms with van der Waals surface area (Å²) in [5.41, 5.74) is 19.6. The Bertz CT molecular complexity index is 3770. The third-order valence-corrected chi connectivity index (χ3v) is 14.1. The molecule has 0 radical (unpaired) electrons. The van der Waals surface area contributed by atoms with Crippen molar-refractivity contribution in [3.8, 4) is 55.9 Å². The van der Waals surface area contributed by atoms with Gasteiger partial charge in [-0.1, -0.05) is 255 Å². The Kier molecular flexibility index (Phi) is 9.73. The largest absolute Gasteiger partial charge is 0.307 e. The Balaban J connectivity index is 1.22. The minimum Gasteiger partial charge on any atom is -0.307 e. The molecule has 13 rings (SSSR count). The van der Waals surface area contributed by atoms with E-state index in [1.165, 1.54) is 33.4 Å². The molecule has 0 aliphatic heterocycles. The number of fused-ring (bicyclic) bond motifs is 6. The van der Waals surface area contributed by atoms with Crippen molar-refractivity contribution in [3.63, 3.8) is 0 Å². The monoisotopic (exact) mass is 879 g/mol. The zero-order chi connectivity index (χ0) is 45.7. The Morgan fingerprint density at radius 2 is 0.855 bits per heavy atom. The molecule has 10 aromatic carbocycles. The Morgan fingerprint density at radius 3 is 1.51 bits per heavy atom. The summed E-state index contributed by atoms with van der Waals surface area (Å²) in [6.07, 6.45) is 0. The number of hydrogen-bond donors (Lipinski definition) is 0. The summed E-state index contributed by atoms with van der Waals surface area (Å²) < 4.78 is 2.25. The molecular formula is C66H45N3. The molecule has 0 bridgehead atoms. The van der Waals surface area contributed by atoms with Gasteiger partial charge in [0.1, 0.15) is 5.69 Å². The summed E-state index contributed by atoms with van der Waals surface area (Å²) in [6.45, 7) is 0.